The molecule has 2 rings (SSSR count). The van der Waals surface area contributed by atoms with Crippen LogP contribution in [0, 0.1) is 0 Å². The third kappa shape index (κ3) is 3.04. The van der Waals surface area contributed by atoms with Crippen molar-refractivity contribution in [2.24, 2.45) is 0 Å². The van der Waals surface area contributed by atoms with Crippen LogP contribution in [-0.2, 0) is 14.3 Å². The molecule has 5 nitrogen and oxygen atoms in total. The van der Waals surface area contributed by atoms with Gasteiger partial charge in [0.05, 0.1) is 6.61 Å². The molecule has 1 aromatic heterocycles. The maximum Gasteiger partial charge on any atom is 0.235 e. The molecular weight excluding hydrogens is 256 g/mol. The fourth-order valence-corrected chi connectivity index (χ4v) is 1.94. The maximum atomic E-state index is 11.6. The molecule has 1 saturated heterocycles. The summed E-state index contributed by atoms with van der Waals surface area (Å²) in [7, 11) is 0. The molecule has 20 heavy (non-hydrogen) atoms. The van der Waals surface area contributed by atoms with E-state index in [0.29, 0.717) is 18.2 Å². The molecule has 1 aromatic rings. The van der Waals surface area contributed by atoms with Crippen LogP contribution >= 0.6 is 0 Å². The van der Waals surface area contributed by atoms with E-state index in [4.69, 9.17) is 4.74 Å². The molecule has 0 spiro atoms. The van der Waals surface area contributed by atoms with Gasteiger partial charge in [-0.05, 0) is 18.6 Å². The quantitative estimate of drug-likeness (QED) is 0.454. The number of aromatic nitrogens is 1. The molecule has 0 bridgehead atoms. The highest BCUT2D eigenvalue weighted by Crippen LogP contribution is 2.22. The molecule has 1 aliphatic rings. The minimum absolute atomic E-state index is 0.201. The zero-order valence-corrected chi connectivity index (χ0v) is 11.6. The molecule has 0 radical (unpaired) electrons. The van der Waals surface area contributed by atoms with Gasteiger partial charge in [-0.2, -0.15) is 0 Å². The van der Waals surface area contributed by atoms with Gasteiger partial charge in [0, 0.05) is 24.6 Å². The Labute approximate surface area is 118 Å². The first-order valence-electron chi connectivity index (χ1n) is 6.77. The van der Waals surface area contributed by atoms with Crippen LogP contribution in [0.2, 0.25) is 0 Å². The summed E-state index contributed by atoms with van der Waals surface area (Å²) in [6, 6.07) is 3.40. The molecule has 2 amide bonds. The zero-order chi connectivity index (χ0) is 14.5. The summed E-state index contributed by atoms with van der Waals surface area (Å²) in [5.74, 6) is 0.515. The van der Waals surface area contributed by atoms with Crippen molar-refractivity contribution in [1.29, 1.82) is 0 Å². The van der Waals surface area contributed by atoms with E-state index in [-0.39, 0.29) is 24.7 Å². The number of anilines is 1. The monoisotopic (exact) mass is 274 g/mol. The number of rotatable bonds is 6. The number of carbonyl (C=O) groups excluding carboxylic acids is 2. The van der Waals surface area contributed by atoms with Crippen molar-refractivity contribution in [3.63, 3.8) is 0 Å². The molecule has 0 aromatic carbocycles. The van der Waals surface area contributed by atoms with E-state index in [9.17, 15) is 9.59 Å². The topological polar surface area (TPSA) is 59.5 Å². The average Bonchev–Trinajstić information content (AvgIpc) is 2.78. The Kier molecular flexibility index (Phi) is 4.50. The average molecular weight is 274 g/mol. The Balaban J connectivity index is 2.04. The van der Waals surface area contributed by atoms with Gasteiger partial charge in [-0.15, -0.1) is 0 Å². The van der Waals surface area contributed by atoms with E-state index in [1.54, 1.807) is 18.3 Å². The Morgan fingerprint density at radius 2 is 2.05 bits per heavy atom. The van der Waals surface area contributed by atoms with E-state index in [1.165, 1.54) is 0 Å². The van der Waals surface area contributed by atoms with Crippen molar-refractivity contribution in [2.45, 2.75) is 32.6 Å². The first-order valence-corrected chi connectivity index (χ1v) is 6.77. The number of ether oxygens (including phenoxy) is 1. The molecule has 0 N–H and O–H groups in total. The number of imide groups is 1. The lowest BCUT2D eigenvalue weighted by Gasteiger charge is -2.13. The highest BCUT2D eigenvalue weighted by Gasteiger charge is 2.31. The number of hydrogen-bond acceptors (Lipinski definition) is 4. The summed E-state index contributed by atoms with van der Waals surface area (Å²) in [6.45, 7) is 6.56. The molecule has 0 unspecified atom stereocenters. The second-order valence-electron chi connectivity index (χ2n) is 4.65. The summed E-state index contributed by atoms with van der Waals surface area (Å²) in [6.07, 6.45) is 4.12. The van der Waals surface area contributed by atoms with Crippen LogP contribution in [0.25, 0.3) is 5.76 Å². The lowest BCUT2D eigenvalue weighted by molar-refractivity contribution is -0.121. The summed E-state index contributed by atoms with van der Waals surface area (Å²) in [5.41, 5.74) is 0.754. The van der Waals surface area contributed by atoms with Crippen LogP contribution in [0.3, 0.4) is 0 Å². The van der Waals surface area contributed by atoms with Crippen LogP contribution in [0.5, 0.6) is 0 Å². The van der Waals surface area contributed by atoms with Gasteiger partial charge in [0.1, 0.15) is 11.6 Å². The SMILES string of the molecule is C=C(OCCCC)c1ccc(N2C(=O)CCC2=O)nc1. The van der Waals surface area contributed by atoms with E-state index < -0.39 is 0 Å². The summed E-state index contributed by atoms with van der Waals surface area (Å²) in [4.78, 5) is 28.5. The summed E-state index contributed by atoms with van der Waals surface area (Å²) < 4.78 is 5.49. The van der Waals surface area contributed by atoms with Gasteiger partial charge >= 0.3 is 0 Å². The van der Waals surface area contributed by atoms with Crippen molar-refractivity contribution in [3.8, 4) is 0 Å². The van der Waals surface area contributed by atoms with Crippen LogP contribution < -0.4 is 4.90 Å². The van der Waals surface area contributed by atoms with Crippen molar-refractivity contribution in [2.75, 3.05) is 11.5 Å². The molecular formula is C15H18N2O3. The predicted octanol–water partition coefficient (Wildman–Crippen LogP) is 2.52. The van der Waals surface area contributed by atoms with Crippen molar-refractivity contribution in [1.82, 2.24) is 4.98 Å². The highest BCUT2D eigenvalue weighted by atomic mass is 16.5. The Morgan fingerprint density at radius 3 is 2.60 bits per heavy atom. The van der Waals surface area contributed by atoms with Crippen LogP contribution in [0.4, 0.5) is 5.82 Å². The van der Waals surface area contributed by atoms with Crippen LogP contribution in [-0.4, -0.2) is 23.4 Å². The van der Waals surface area contributed by atoms with Gasteiger partial charge in [0.2, 0.25) is 11.8 Å². The van der Waals surface area contributed by atoms with Gasteiger partial charge < -0.3 is 4.74 Å². The third-order valence-corrected chi connectivity index (χ3v) is 3.12. The number of pyridine rings is 1. The molecule has 0 aliphatic carbocycles. The standard InChI is InChI=1S/C15H18N2O3/c1-3-4-9-20-11(2)12-5-6-13(16-10-12)17-14(18)7-8-15(17)19/h5-6,10H,2-4,7-9H2,1H3. The minimum atomic E-state index is -0.201. The van der Waals surface area contributed by atoms with E-state index in [0.717, 1.165) is 23.3 Å². The molecule has 1 fully saturated rings. The Bertz CT molecular complexity index is 506. The van der Waals surface area contributed by atoms with Crippen LogP contribution in [0.1, 0.15) is 38.2 Å². The first kappa shape index (κ1) is 14.2. The van der Waals surface area contributed by atoms with E-state index in [2.05, 4.69) is 18.5 Å². The summed E-state index contributed by atoms with van der Waals surface area (Å²) >= 11 is 0. The van der Waals surface area contributed by atoms with E-state index in [1.807, 2.05) is 0 Å². The Hall–Kier alpha value is -2.17. The largest absolute Gasteiger partial charge is 0.494 e. The number of unbranched alkanes of at least 4 members (excludes halogenated alkanes) is 1. The molecule has 5 heteroatoms. The Morgan fingerprint density at radius 1 is 1.35 bits per heavy atom. The lowest BCUT2D eigenvalue weighted by Crippen LogP contribution is -2.29. The number of carbonyl (C=O) groups is 2. The normalized spacial score (nSPS) is 14.8. The van der Waals surface area contributed by atoms with Crippen molar-refractivity contribution in [3.05, 3.63) is 30.5 Å². The smallest absolute Gasteiger partial charge is 0.235 e. The predicted molar refractivity (Wildman–Crippen MR) is 75.9 cm³/mol. The number of amides is 2. The van der Waals surface area contributed by atoms with Gasteiger partial charge in [0.25, 0.3) is 0 Å². The molecule has 106 valence electrons. The number of hydrogen-bond donors (Lipinski definition) is 0. The van der Waals surface area contributed by atoms with Gasteiger partial charge in [0.15, 0.2) is 0 Å². The van der Waals surface area contributed by atoms with Gasteiger partial charge in [-0.3, -0.25) is 9.59 Å². The second-order valence-corrected chi connectivity index (χ2v) is 4.65. The molecule has 0 saturated carbocycles. The van der Waals surface area contributed by atoms with Gasteiger partial charge in [-0.1, -0.05) is 19.9 Å². The van der Waals surface area contributed by atoms with Gasteiger partial charge in [-0.25, -0.2) is 9.88 Å². The fourth-order valence-electron chi connectivity index (χ4n) is 1.94. The fraction of sp³-hybridized carbons (Fsp3) is 0.400. The molecule has 0 atom stereocenters. The second kappa shape index (κ2) is 6.32. The highest BCUT2D eigenvalue weighted by molar-refractivity contribution is 6.19. The maximum absolute atomic E-state index is 11.6. The lowest BCUT2D eigenvalue weighted by atomic mass is 10.2. The minimum Gasteiger partial charge on any atom is -0.494 e. The zero-order valence-electron chi connectivity index (χ0n) is 11.6. The van der Waals surface area contributed by atoms with E-state index >= 15 is 0 Å². The summed E-state index contributed by atoms with van der Waals surface area (Å²) in [5, 5.41) is 0. The number of nitrogens with zero attached hydrogens (tertiary/aromatic N) is 2. The molecule has 1 aliphatic heterocycles. The van der Waals surface area contributed by atoms with Crippen molar-refractivity contribution < 1.29 is 14.3 Å². The van der Waals surface area contributed by atoms with Crippen molar-refractivity contribution >= 4 is 23.4 Å². The third-order valence-electron chi connectivity index (χ3n) is 3.12. The van der Waals surface area contributed by atoms with Crippen LogP contribution in [0.15, 0.2) is 24.9 Å². The first-order chi connectivity index (χ1) is 9.63. The molecule has 2 heterocycles.